The molecule has 3 heterocycles. The summed E-state index contributed by atoms with van der Waals surface area (Å²) in [4.78, 5) is 41.1. The number of nitrogens with zero attached hydrogens (tertiary/aromatic N) is 2. The maximum Gasteiger partial charge on any atom is 0.255 e. The van der Waals surface area contributed by atoms with Gasteiger partial charge in [-0.25, -0.2) is 0 Å². The monoisotopic (exact) mass is 537 g/mol. The number of rotatable bonds is 8. The molecule has 0 spiro atoms. The van der Waals surface area contributed by atoms with Crippen molar-refractivity contribution < 1.29 is 19.1 Å². The van der Waals surface area contributed by atoms with Gasteiger partial charge in [0.15, 0.2) is 0 Å². The van der Waals surface area contributed by atoms with Crippen LogP contribution >= 0.6 is 0 Å². The van der Waals surface area contributed by atoms with E-state index in [4.69, 9.17) is 4.74 Å². The summed E-state index contributed by atoms with van der Waals surface area (Å²) in [7, 11) is 0. The minimum absolute atomic E-state index is 0.190. The lowest BCUT2D eigenvalue weighted by Gasteiger charge is -2.32. The van der Waals surface area contributed by atoms with Gasteiger partial charge < -0.3 is 9.64 Å². The van der Waals surface area contributed by atoms with Crippen LogP contribution in [0.25, 0.3) is 0 Å². The first kappa shape index (κ1) is 26.3. The van der Waals surface area contributed by atoms with Gasteiger partial charge in [0.1, 0.15) is 18.4 Å². The molecule has 2 fully saturated rings. The zero-order chi connectivity index (χ0) is 27.5. The van der Waals surface area contributed by atoms with Crippen molar-refractivity contribution in [2.75, 3.05) is 13.1 Å². The number of hydrogen-bond donors (Lipinski definition) is 1. The van der Waals surface area contributed by atoms with Crippen molar-refractivity contribution in [1.82, 2.24) is 15.1 Å². The Morgan fingerprint density at radius 2 is 1.55 bits per heavy atom. The van der Waals surface area contributed by atoms with E-state index in [1.54, 1.807) is 11.0 Å². The molecule has 7 heteroatoms. The summed E-state index contributed by atoms with van der Waals surface area (Å²) in [5.41, 5.74) is 5.18. The van der Waals surface area contributed by atoms with Gasteiger partial charge in [-0.05, 0) is 73.5 Å². The molecule has 1 unspecified atom stereocenters. The summed E-state index contributed by atoms with van der Waals surface area (Å²) in [6.07, 6.45) is 4.14. The average molecular weight is 538 g/mol. The van der Waals surface area contributed by atoms with Crippen molar-refractivity contribution in [2.24, 2.45) is 5.92 Å². The Morgan fingerprint density at radius 1 is 0.800 bits per heavy atom. The molecule has 0 aromatic heterocycles. The molecule has 2 saturated heterocycles. The predicted octanol–water partition coefficient (Wildman–Crippen LogP) is 4.48. The second kappa shape index (κ2) is 11.6. The van der Waals surface area contributed by atoms with Crippen molar-refractivity contribution in [2.45, 2.75) is 57.8 Å². The van der Waals surface area contributed by atoms with E-state index in [0.717, 1.165) is 37.2 Å². The van der Waals surface area contributed by atoms with E-state index in [0.29, 0.717) is 36.8 Å². The molecular weight excluding hydrogens is 502 g/mol. The maximum atomic E-state index is 13.1. The number of amides is 3. The van der Waals surface area contributed by atoms with E-state index in [2.05, 4.69) is 64.8 Å². The Bertz CT molecular complexity index is 1380. The Kier molecular flexibility index (Phi) is 7.64. The van der Waals surface area contributed by atoms with Crippen LogP contribution in [0.2, 0.25) is 0 Å². The normalized spacial score (nSPS) is 19.9. The van der Waals surface area contributed by atoms with Gasteiger partial charge in [-0.3, -0.25) is 24.6 Å². The Balaban J connectivity index is 1.01. The van der Waals surface area contributed by atoms with Crippen molar-refractivity contribution in [1.29, 1.82) is 0 Å². The van der Waals surface area contributed by atoms with E-state index >= 15 is 0 Å². The second-order valence-corrected chi connectivity index (χ2v) is 11.2. The van der Waals surface area contributed by atoms with Crippen LogP contribution in [-0.4, -0.2) is 46.7 Å². The maximum absolute atomic E-state index is 13.1. The number of likely N-dealkylation sites (tertiary alicyclic amines) is 1. The number of nitrogens with one attached hydrogen (secondary N) is 1. The average Bonchev–Trinajstić information content (AvgIpc) is 3.31. The van der Waals surface area contributed by atoms with Gasteiger partial charge in [0.25, 0.3) is 5.91 Å². The van der Waals surface area contributed by atoms with Crippen LogP contribution in [0, 0.1) is 5.92 Å². The Morgan fingerprint density at radius 3 is 2.30 bits per heavy atom. The van der Waals surface area contributed by atoms with Gasteiger partial charge in [0, 0.05) is 24.1 Å². The Hall–Kier alpha value is -3.97. The lowest BCUT2D eigenvalue weighted by atomic mass is 9.90. The minimum Gasteiger partial charge on any atom is -0.489 e. The fourth-order valence-corrected chi connectivity index (χ4v) is 6.15. The molecular formula is C33H35N3O4. The largest absolute Gasteiger partial charge is 0.489 e. The number of carbonyl (C=O) groups is 3. The summed E-state index contributed by atoms with van der Waals surface area (Å²) >= 11 is 0. The van der Waals surface area contributed by atoms with E-state index in [-0.39, 0.29) is 18.2 Å². The molecule has 0 aliphatic carbocycles. The zero-order valence-electron chi connectivity index (χ0n) is 22.7. The van der Waals surface area contributed by atoms with Crippen molar-refractivity contribution in [3.63, 3.8) is 0 Å². The summed E-state index contributed by atoms with van der Waals surface area (Å²) in [5, 5.41) is 2.35. The highest BCUT2D eigenvalue weighted by atomic mass is 16.5. The number of fused-ring (bicyclic) bond motifs is 1. The van der Waals surface area contributed by atoms with Crippen molar-refractivity contribution in [3.8, 4) is 5.75 Å². The van der Waals surface area contributed by atoms with E-state index in [9.17, 15) is 14.4 Å². The molecule has 0 saturated carbocycles. The number of hydrogen-bond acceptors (Lipinski definition) is 5. The summed E-state index contributed by atoms with van der Waals surface area (Å²) in [6.45, 7) is 4.05. The molecule has 40 heavy (non-hydrogen) atoms. The summed E-state index contributed by atoms with van der Waals surface area (Å²) in [6, 6.07) is 24.2. The third-order valence-corrected chi connectivity index (χ3v) is 8.44. The highest BCUT2D eigenvalue weighted by molar-refractivity contribution is 6.05. The first-order chi connectivity index (χ1) is 19.5. The molecule has 0 radical (unpaired) electrons. The lowest BCUT2D eigenvalue weighted by Crippen LogP contribution is -2.52. The predicted molar refractivity (Wildman–Crippen MR) is 151 cm³/mol. The number of piperidine rings is 2. The molecule has 0 bridgehead atoms. The van der Waals surface area contributed by atoms with Gasteiger partial charge in [-0.1, -0.05) is 60.7 Å². The molecule has 7 nitrogen and oxygen atoms in total. The number of imide groups is 1. The van der Waals surface area contributed by atoms with Crippen LogP contribution in [0.15, 0.2) is 72.8 Å². The fraction of sp³-hybridized carbons (Fsp3) is 0.364. The molecule has 3 amide bonds. The molecule has 1 atom stereocenters. The zero-order valence-corrected chi connectivity index (χ0v) is 22.7. The number of benzene rings is 3. The SMILES string of the molecule is O=C1CCC(N2Cc3c(OCc4ccc(CC5CCN(Cc6ccccc6)CC5)cc4)cccc3C2=O)C(=O)N1. The molecule has 1 N–H and O–H groups in total. The minimum atomic E-state index is -0.630. The molecule has 206 valence electrons. The van der Waals surface area contributed by atoms with Crippen molar-refractivity contribution in [3.05, 3.63) is 101 Å². The highest BCUT2D eigenvalue weighted by Crippen LogP contribution is 2.34. The summed E-state index contributed by atoms with van der Waals surface area (Å²) < 4.78 is 6.17. The number of carbonyl (C=O) groups excluding carboxylic acids is 3. The first-order valence-electron chi connectivity index (χ1n) is 14.3. The fourth-order valence-electron chi connectivity index (χ4n) is 6.15. The van der Waals surface area contributed by atoms with Gasteiger partial charge in [0.2, 0.25) is 11.8 Å². The smallest absolute Gasteiger partial charge is 0.255 e. The second-order valence-electron chi connectivity index (χ2n) is 11.2. The van der Waals surface area contributed by atoms with E-state index in [1.807, 2.05) is 12.1 Å². The van der Waals surface area contributed by atoms with Crippen molar-refractivity contribution >= 4 is 17.7 Å². The third kappa shape index (κ3) is 5.80. The van der Waals surface area contributed by atoms with Gasteiger partial charge >= 0.3 is 0 Å². The lowest BCUT2D eigenvalue weighted by molar-refractivity contribution is -0.136. The summed E-state index contributed by atoms with van der Waals surface area (Å²) in [5.74, 6) is 0.491. The van der Waals surface area contributed by atoms with Crippen LogP contribution in [0.1, 0.15) is 58.3 Å². The third-order valence-electron chi connectivity index (χ3n) is 8.44. The van der Waals surface area contributed by atoms with E-state index in [1.165, 1.54) is 24.0 Å². The van der Waals surface area contributed by atoms with E-state index < -0.39 is 11.9 Å². The Labute approximate surface area is 235 Å². The first-order valence-corrected chi connectivity index (χ1v) is 14.3. The van der Waals surface area contributed by atoms with Crippen LogP contribution < -0.4 is 10.1 Å². The number of ether oxygens (including phenoxy) is 1. The van der Waals surface area contributed by atoms with Crippen LogP contribution in [0.5, 0.6) is 5.75 Å². The molecule has 6 rings (SSSR count). The van der Waals surface area contributed by atoms with Crippen LogP contribution in [-0.2, 0) is 35.7 Å². The highest BCUT2D eigenvalue weighted by Gasteiger charge is 2.40. The molecule has 3 aliphatic heterocycles. The molecule has 3 aromatic rings. The van der Waals surface area contributed by atoms with Gasteiger partial charge in [0.05, 0.1) is 6.54 Å². The van der Waals surface area contributed by atoms with Crippen LogP contribution in [0.4, 0.5) is 0 Å². The topological polar surface area (TPSA) is 79.0 Å². The quantitative estimate of drug-likeness (QED) is 0.429. The van der Waals surface area contributed by atoms with Gasteiger partial charge in [-0.15, -0.1) is 0 Å². The standard InChI is InChI=1S/C33H35N3O4/c37-31-14-13-29(32(38)34-31)36-21-28-27(33(36)39)7-4-8-30(28)40-22-26-11-9-23(10-12-26)19-24-15-17-35(18-16-24)20-25-5-2-1-3-6-25/h1-12,24,29H,13-22H2,(H,34,37,38). The van der Waals surface area contributed by atoms with Gasteiger partial charge in [-0.2, -0.15) is 0 Å². The van der Waals surface area contributed by atoms with Crippen LogP contribution in [0.3, 0.4) is 0 Å². The molecule has 3 aliphatic rings. The molecule has 3 aromatic carbocycles.